The Kier molecular flexibility index (Phi) is 12.4. The van der Waals surface area contributed by atoms with Crippen LogP contribution < -0.4 is 37.2 Å². The van der Waals surface area contributed by atoms with Crippen LogP contribution >= 0.6 is 0 Å². The molecule has 0 saturated carbocycles. The van der Waals surface area contributed by atoms with E-state index in [1.54, 1.807) is 0 Å². The van der Waals surface area contributed by atoms with Crippen LogP contribution in [0.25, 0.3) is 5.57 Å². The molecule has 4 heteroatoms. The van der Waals surface area contributed by atoms with Gasteiger partial charge in [-0.15, -0.1) is 17.7 Å². The Balaban J connectivity index is 0.00000182. The maximum atomic E-state index is 3.50. The van der Waals surface area contributed by atoms with Crippen LogP contribution in [0.5, 0.6) is 0 Å². The predicted octanol–water partition coefficient (Wildman–Crippen LogP) is -2.96. The van der Waals surface area contributed by atoms with Crippen molar-refractivity contribution in [3.8, 4) is 0 Å². The molecule has 4 rings (SSSR count). The Labute approximate surface area is 201 Å². The van der Waals surface area contributed by atoms with Gasteiger partial charge in [-0.1, -0.05) is 85.3 Å². The number of hydrogen-bond acceptors (Lipinski definition) is 0. The topological polar surface area (TPSA) is 0 Å². The summed E-state index contributed by atoms with van der Waals surface area (Å²) in [6.07, 6.45) is 6.62. The minimum absolute atomic E-state index is 0. The molecule has 0 heterocycles. The van der Waals surface area contributed by atoms with Crippen molar-refractivity contribution in [3.05, 3.63) is 125 Å². The molecule has 140 valence electrons. The Hall–Kier alpha value is -1.28. The molecule has 0 nitrogen and oxygen atoms in total. The first-order valence-corrected chi connectivity index (χ1v) is 8.40. The minimum atomic E-state index is 0. The Bertz CT molecular complexity index is 836. The smallest absolute Gasteiger partial charge is 1.00 e. The number of rotatable bonds is 4. The molecule has 0 radical (unpaired) electrons. The van der Waals surface area contributed by atoms with Crippen LogP contribution in [0.2, 0.25) is 0 Å². The van der Waals surface area contributed by atoms with Gasteiger partial charge in [-0.05, 0) is 17.0 Å². The molecule has 0 aromatic heterocycles. The van der Waals surface area contributed by atoms with Crippen LogP contribution in [-0.4, -0.2) is 0 Å². The van der Waals surface area contributed by atoms with Gasteiger partial charge in [-0.25, -0.2) is 0 Å². The van der Waals surface area contributed by atoms with E-state index in [1.165, 1.54) is 27.8 Å². The van der Waals surface area contributed by atoms with Gasteiger partial charge in [0, 0.05) is 0 Å². The van der Waals surface area contributed by atoms with E-state index in [-0.39, 0.29) is 64.9 Å². The summed E-state index contributed by atoms with van der Waals surface area (Å²) in [5.41, 5.74) is 6.60. The Morgan fingerprint density at radius 2 is 1.04 bits per heavy atom. The van der Waals surface area contributed by atoms with Gasteiger partial charge in [0.15, 0.2) is 0 Å². The normalized spacial score (nSPS) is 11.8. The molecule has 0 spiro atoms. The van der Waals surface area contributed by atoms with Crippen molar-refractivity contribution in [2.24, 2.45) is 0 Å². The first-order chi connectivity index (χ1) is 11.9. The second kappa shape index (κ2) is 13.0. The van der Waals surface area contributed by atoms with Crippen LogP contribution in [0.1, 0.15) is 29.0 Å². The average Bonchev–Trinajstić information content (AvgIpc) is 3.14. The van der Waals surface area contributed by atoms with Crippen LogP contribution in [0.4, 0.5) is 0 Å². The predicted molar refractivity (Wildman–Crippen MR) is 101 cm³/mol. The third-order valence-electron chi connectivity index (χ3n) is 4.57. The van der Waals surface area contributed by atoms with E-state index in [2.05, 4.69) is 103 Å². The van der Waals surface area contributed by atoms with Crippen LogP contribution in [0.3, 0.4) is 0 Å². The molecule has 0 aliphatic heterocycles. The molecule has 3 aromatic rings. The summed E-state index contributed by atoms with van der Waals surface area (Å²) in [7, 11) is 0. The van der Waals surface area contributed by atoms with Gasteiger partial charge in [0.1, 0.15) is 0 Å². The van der Waals surface area contributed by atoms with Crippen LogP contribution in [-0.2, 0) is 21.7 Å². The van der Waals surface area contributed by atoms with E-state index in [9.17, 15) is 0 Å². The van der Waals surface area contributed by atoms with Crippen molar-refractivity contribution in [2.75, 3.05) is 0 Å². The maximum Gasteiger partial charge on any atom is 4.00 e. The Morgan fingerprint density at radius 3 is 1.50 bits per heavy atom. The molecular weight excluding hydrogens is 442 g/mol. The second-order valence-electron chi connectivity index (χ2n) is 6.07. The first kappa shape index (κ1) is 26.7. The summed E-state index contributed by atoms with van der Waals surface area (Å²) in [5, 5.41) is 0. The molecule has 0 unspecified atom stereocenters. The summed E-state index contributed by atoms with van der Waals surface area (Å²) in [4.78, 5) is 0. The van der Waals surface area contributed by atoms with Crippen molar-refractivity contribution < 1.29 is 58.9 Å². The molecule has 0 bridgehead atoms. The van der Waals surface area contributed by atoms with Gasteiger partial charge in [-0.3, -0.25) is 0 Å². The quantitative estimate of drug-likeness (QED) is 0.288. The van der Waals surface area contributed by atoms with E-state index in [1.807, 2.05) is 0 Å². The molecule has 0 amide bonds. The molecule has 28 heavy (non-hydrogen) atoms. The van der Waals surface area contributed by atoms with Gasteiger partial charge in [0.05, 0.1) is 0 Å². The zero-order valence-electron chi connectivity index (χ0n) is 15.2. The number of benzene rings is 3. The Morgan fingerprint density at radius 1 is 0.607 bits per heavy atom. The molecule has 3 aromatic carbocycles. The molecule has 1 aliphatic carbocycles. The average molecular weight is 462 g/mol. The van der Waals surface area contributed by atoms with Crippen LogP contribution in [0.15, 0.2) is 103 Å². The van der Waals surface area contributed by atoms with Crippen molar-refractivity contribution >= 4 is 5.57 Å². The summed E-state index contributed by atoms with van der Waals surface area (Å²) < 4.78 is 0. The summed E-state index contributed by atoms with van der Waals surface area (Å²) in [6.45, 7) is 0. The second-order valence-corrected chi connectivity index (χ2v) is 6.07. The van der Waals surface area contributed by atoms with E-state index in [4.69, 9.17) is 0 Å². The molecule has 0 saturated heterocycles. The minimum Gasteiger partial charge on any atom is -1.00 e. The van der Waals surface area contributed by atoms with E-state index >= 15 is 0 Å². The fraction of sp³-hybridized carbons (Fsp3) is 0.0833. The van der Waals surface area contributed by atoms with Gasteiger partial charge in [0.2, 0.25) is 0 Å². The van der Waals surface area contributed by atoms with E-state index < -0.39 is 0 Å². The fourth-order valence-electron chi connectivity index (χ4n) is 3.48. The zero-order valence-corrected chi connectivity index (χ0v) is 19.0. The van der Waals surface area contributed by atoms with E-state index in [0.29, 0.717) is 0 Å². The third kappa shape index (κ3) is 5.86. The maximum absolute atomic E-state index is 3.50. The monoisotopic (exact) mass is 460 g/mol. The molecule has 0 fully saturated rings. The molecule has 0 N–H and O–H groups in total. The number of hydrogen-bond donors (Lipinski definition) is 0. The zero-order chi connectivity index (χ0) is 16.2. The summed E-state index contributed by atoms with van der Waals surface area (Å²) in [6, 6.07) is 32.2. The third-order valence-corrected chi connectivity index (χ3v) is 4.57. The van der Waals surface area contributed by atoms with Crippen molar-refractivity contribution in [2.45, 2.75) is 12.3 Å². The van der Waals surface area contributed by atoms with E-state index in [0.717, 1.165) is 6.42 Å². The fourth-order valence-corrected chi connectivity index (χ4v) is 3.48. The largest absolute Gasteiger partial charge is 4.00 e. The number of allylic oxidation sites excluding steroid dienone is 4. The number of halogens is 3. The first-order valence-electron chi connectivity index (χ1n) is 8.40. The van der Waals surface area contributed by atoms with Crippen LogP contribution in [0, 0.1) is 6.08 Å². The summed E-state index contributed by atoms with van der Waals surface area (Å²) in [5.74, 6) is 0.272. The SMILES string of the molecule is [C-]1=CCC(C(c2ccccc2)c2ccccc2)=C1c1ccccc1.[Cl-].[Cl-].[Cl-].[Ti+4]. The van der Waals surface area contributed by atoms with Crippen molar-refractivity contribution in [1.82, 2.24) is 0 Å². The summed E-state index contributed by atoms with van der Waals surface area (Å²) >= 11 is 0. The molecular formula is C24H19Cl3Ti. The standard InChI is InChI=1S/C24H19.3ClH.Ti/c1-4-11-19(12-5-1)22-17-10-18-23(22)24(20-13-6-2-7-14-20)21-15-8-3-9-16-21;;;;/h1-16,24H,18H2;3*1H;/q-1;;;;+4/p-3. The van der Waals surface area contributed by atoms with Gasteiger partial charge in [0.25, 0.3) is 0 Å². The van der Waals surface area contributed by atoms with Gasteiger partial charge >= 0.3 is 21.7 Å². The molecule has 1 aliphatic rings. The molecule has 0 atom stereocenters. The van der Waals surface area contributed by atoms with Crippen molar-refractivity contribution in [3.63, 3.8) is 0 Å². The van der Waals surface area contributed by atoms with Gasteiger partial charge < -0.3 is 37.2 Å². The van der Waals surface area contributed by atoms with Crippen molar-refractivity contribution in [1.29, 1.82) is 0 Å². The van der Waals surface area contributed by atoms with Gasteiger partial charge in [-0.2, -0.15) is 23.3 Å².